The average Bonchev–Trinajstić information content (AvgIpc) is 2.95. The molecule has 3 aliphatic rings. The van der Waals surface area contributed by atoms with Crippen molar-refractivity contribution < 1.29 is 14.3 Å². The predicted molar refractivity (Wildman–Crippen MR) is 63.5 cm³/mol. The maximum atomic E-state index is 10.8. The SMILES string of the molecule is CC1C2CC(CCC3COC(=O)O3)C(C2)C1C. The summed E-state index contributed by atoms with van der Waals surface area (Å²) < 4.78 is 9.91. The van der Waals surface area contributed by atoms with Gasteiger partial charge < -0.3 is 9.47 Å². The third kappa shape index (κ3) is 1.94. The molecular formula is C14H22O3. The Morgan fingerprint density at radius 2 is 2.00 bits per heavy atom. The van der Waals surface area contributed by atoms with E-state index in [2.05, 4.69) is 13.8 Å². The van der Waals surface area contributed by atoms with Crippen LogP contribution in [0.5, 0.6) is 0 Å². The van der Waals surface area contributed by atoms with Gasteiger partial charge in [-0.1, -0.05) is 13.8 Å². The van der Waals surface area contributed by atoms with Crippen molar-refractivity contribution in [3.8, 4) is 0 Å². The van der Waals surface area contributed by atoms with Crippen LogP contribution in [0, 0.1) is 29.6 Å². The normalized spacial score (nSPS) is 48.2. The van der Waals surface area contributed by atoms with Gasteiger partial charge in [0, 0.05) is 0 Å². The van der Waals surface area contributed by atoms with Crippen molar-refractivity contribution in [2.75, 3.05) is 6.61 Å². The fraction of sp³-hybridized carbons (Fsp3) is 0.929. The van der Waals surface area contributed by atoms with E-state index in [9.17, 15) is 4.79 Å². The minimum Gasteiger partial charge on any atom is -0.430 e. The fourth-order valence-electron chi connectivity index (χ4n) is 4.33. The van der Waals surface area contributed by atoms with Crippen LogP contribution in [-0.4, -0.2) is 18.9 Å². The van der Waals surface area contributed by atoms with Crippen molar-refractivity contribution in [1.29, 1.82) is 0 Å². The van der Waals surface area contributed by atoms with Crippen LogP contribution in [0.2, 0.25) is 0 Å². The Bertz CT molecular complexity index is 313. The van der Waals surface area contributed by atoms with Crippen LogP contribution in [0.1, 0.15) is 39.5 Å². The molecule has 96 valence electrons. The van der Waals surface area contributed by atoms with Crippen molar-refractivity contribution in [3.05, 3.63) is 0 Å². The van der Waals surface area contributed by atoms with E-state index in [4.69, 9.17) is 9.47 Å². The summed E-state index contributed by atoms with van der Waals surface area (Å²) in [6, 6.07) is 0. The summed E-state index contributed by atoms with van der Waals surface area (Å²) in [6.07, 6.45) is 4.57. The van der Waals surface area contributed by atoms with Crippen LogP contribution in [0.4, 0.5) is 4.79 Å². The highest BCUT2D eigenvalue weighted by molar-refractivity contribution is 5.61. The van der Waals surface area contributed by atoms with E-state index in [-0.39, 0.29) is 6.10 Å². The van der Waals surface area contributed by atoms with Gasteiger partial charge in [0.25, 0.3) is 0 Å². The molecule has 2 saturated carbocycles. The van der Waals surface area contributed by atoms with Gasteiger partial charge in [0.2, 0.25) is 0 Å². The molecule has 3 fully saturated rings. The third-order valence-electron chi connectivity index (χ3n) is 5.54. The maximum Gasteiger partial charge on any atom is 0.508 e. The number of carbonyl (C=O) groups is 1. The van der Waals surface area contributed by atoms with E-state index in [0.29, 0.717) is 6.61 Å². The molecule has 0 N–H and O–H groups in total. The average molecular weight is 238 g/mol. The molecule has 2 aliphatic carbocycles. The first-order valence-electron chi connectivity index (χ1n) is 6.98. The van der Waals surface area contributed by atoms with Crippen LogP contribution in [0.25, 0.3) is 0 Å². The van der Waals surface area contributed by atoms with Gasteiger partial charge in [-0.2, -0.15) is 0 Å². The number of cyclic esters (lactones) is 2. The van der Waals surface area contributed by atoms with Crippen LogP contribution in [-0.2, 0) is 9.47 Å². The predicted octanol–water partition coefficient (Wildman–Crippen LogP) is 3.23. The fourth-order valence-corrected chi connectivity index (χ4v) is 4.33. The molecule has 6 atom stereocenters. The lowest BCUT2D eigenvalue weighted by molar-refractivity contribution is 0.109. The van der Waals surface area contributed by atoms with Crippen molar-refractivity contribution in [3.63, 3.8) is 0 Å². The van der Waals surface area contributed by atoms with E-state index in [1.54, 1.807) is 0 Å². The van der Waals surface area contributed by atoms with Gasteiger partial charge in [-0.3, -0.25) is 0 Å². The molecule has 3 nitrogen and oxygen atoms in total. The molecule has 1 heterocycles. The summed E-state index contributed by atoms with van der Waals surface area (Å²) in [5.41, 5.74) is 0. The second kappa shape index (κ2) is 4.18. The molecule has 0 spiro atoms. The Labute approximate surface area is 103 Å². The lowest BCUT2D eigenvalue weighted by atomic mass is 9.74. The molecule has 0 amide bonds. The summed E-state index contributed by atoms with van der Waals surface area (Å²) in [4.78, 5) is 10.8. The molecule has 1 saturated heterocycles. The highest BCUT2D eigenvalue weighted by Gasteiger charge is 2.48. The van der Waals surface area contributed by atoms with Crippen LogP contribution in [0.3, 0.4) is 0 Å². The minimum absolute atomic E-state index is 0.0226. The van der Waals surface area contributed by atoms with Gasteiger partial charge in [0.05, 0.1) is 0 Å². The molecule has 17 heavy (non-hydrogen) atoms. The standard InChI is InChI=1S/C14H22O3/c1-8-9(2)13-6-11(8)5-10(13)3-4-12-7-16-14(15)17-12/h8-13H,3-7H2,1-2H3. The number of carbonyl (C=O) groups excluding carboxylic acids is 1. The summed E-state index contributed by atoms with van der Waals surface area (Å²) >= 11 is 0. The second-order valence-corrected chi connectivity index (χ2v) is 6.25. The van der Waals surface area contributed by atoms with Crippen molar-refractivity contribution in [1.82, 2.24) is 0 Å². The molecule has 0 aromatic carbocycles. The highest BCUT2D eigenvalue weighted by Crippen LogP contribution is 2.56. The zero-order chi connectivity index (χ0) is 12.0. The summed E-state index contributed by atoms with van der Waals surface area (Å²) in [5, 5.41) is 0. The monoisotopic (exact) mass is 238 g/mol. The zero-order valence-electron chi connectivity index (χ0n) is 10.7. The first kappa shape index (κ1) is 11.4. The molecule has 3 heteroatoms. The zero-order valence-corrected chi connectivity index (χ0v) is 10.7. The Balaban J connectivity index is 1.49. The van der Waals surface area contributed by atoms with Gasteiger partial charge in [-0.25, -0.2) is 4.79 Å². The van der Waals surface area contributed by atoms with Gasteiger partial charge in [-0.15, -0.1) is 0 Å². The van der Waals surface area contributed by atoms with Crippen molar-refractivity contribution in [2.45, 2.75) is 45.6 Å². The van der Waals surface area contributed by atoms with Gasteiger partial charge >= 0.3 is 6.16 Å². The maximum absolute atomic E-state index is 10.8. The molecule has 1 aliphatic heterocycles. The molecule has 0 aromatic heterocycles. The van der Waals surface area contributed by atoms with Gasteiger partial charge in [0.15, 0.2) is 0 Å². The first-order chi connectivity index (χ1) is 8.15. The Kier molecular flexibility index (Phi) is 2.80. The number of ether oxygens (including phenoxy) is 2. The third-order valence-corrected chi connectivity index (χ3v) is 5.54. The molecule has 0 aromatic rings. The topological polar surface area (TPSA) is 35.5 Å². The number of rotatable bonds is 3. The lowest BCUT2D eigenvalue weighted by Gasteiger charge is -2.32. The number of hydrogen-bond donors (Lipinski definition) is 0. The Hall–Kier alpha value is -0.730. The van der Waals surface area contributed by atoms with Crippen molar-refractivity contribution in [2.24, 2.45) is 29.6 Å². The quantitative estimate of drug-likeness (QED) is 0.708. The molecular weight excluding hydrogens is 216 g/mol. The van der Waals surface area contributed by atoms with E-state index in [0.717, 1.165) is 36.0 Å². The summed E-state index contributed by atoms with van der Waals surface area (Å²) in [5.74, 6) is 4.56. The minimum atomic E-state index is -0.482. The molecule has 2 bridgehead atoms. The Morgan fingerprint density at radius 1 is 1.18 bits per heavy atom. The summed E-state index contributed by atoms with van der Waals surface area (Å²) in [7, 11) is 0. The molecule has 6 unspecified atom stereocenters. The van der Waals surface area contributed by atoms with Crippen LogP contribution < -0.4 is 0 Å². The van der Waals surface area contributed by atoms with E-state index in [1.165, 1.54) is 19.3 Å². The Morgan fingerprint density at radius 3 is 2.59 bits per heavy atom. The highest BCUT2D eigenvalue weighted by atomic mass is 16.8. The van der Waals surface area contributed by atoms with Crippen molar-refractivity contribution >= 4 is 6.16 Å². The first-order valence-corrected chi connectivity index (χ1v) is 6.98. The van der Waals surface area contributed by atoms with Gasteiger partial charge in [0.1, 0.15) is 12.7 Å². The second-order valence-electron chi connectivity index (χ2n) is 6.25. The van der Waals surface area contributed by atoms with E-state index in [1.807, 2.05) is 0 Å². The smallest absolute Gasteiger partial charge is 0.430 e. The van der Waals surface area contributed by atoms with Crippen LogP contribution in [0.15, 0.2) is 0 Å². The summed E-state index contributed by atoms with van der Waals surface area (Å²) in [6.45, 7) is 5.30. The van der Waals surface area contributed by atoms with Gasteiger partial charge in [-0.05, 0) is 55.3 Å². The number of hydrogen-bond acceptors (Lipinski definition) is 3. The van der Waals surface area contributed by atoms with Crippen LogP contribution >= 0.6 is 0 Å². The molecule has 3 rings (SSSR count). The van der Waals surface area contributed by atoms with E-state index >= 15 is 0 Å². The van der Waals surface area contributed by atoms with E-state index < -0.39 is 6.16 Å². The largest absolute Gasteiger partial charge is 0.508 e. The molecule has 0 radical (unpaired) electrons. The number of fused-ring (bicyclic) bond motifs is 2. The lowest BCUT2D eigenvalue weighted by Crippen LogP contribution is -2.25.